The number of benzene rings is 2. The van der Waals surface area contributed by atoms with E-state index in [1.54, 1.807) is 43.4 Å². The second kappa shape index (κ2) is 8.88. The standard InChI is InChI=1S/C22H26N2O4S/c1-16(25)17-11-13-19(14-12-17)23-22(26)18-7-6-10-21(15-18)29(27,28)24(2)20-8-4-3-5-9-20/h6-7,10-15,20H,3-5,8-9H2,1-2H3,(H,23,26). The number of rotatable bonds is 6. The van der Waals surface area contributed by atoms with Gasteiger partial charge in [-0.1, -0.05) is 25.3 Å². The van der Waals surface area contributed by atoms with E-state index in [0.717, 1.165) is 32.1 Å². The molecule has 1 saturated carbocycles. The fraction of sp³-hybridized carbons (Fsp3) is 0.364. The summed E-state index contributed by atoms with van der Waals surface area (Å²) in [6.07, 6.45) is 4.95. The summed E-state index contributed by atoms with van der Waals surface area (Å²) in [4.78, 5) is 24.1. The number of amides is 1. The van der Waals surface area contributed by atoms with Gasteiger partial charge < -0.3 is 5.32 Å². The first-order chi connectivity index (χ1) is 13.8. The zero-order valence-corrected chi connectivity index (χ0v) is 17.5. The first-order valence-corrected chi connectivity index (χ1v) is 11.2. The third kappa shape index (κ3) is 4.92. The molecular weight excluding hydrogens is 388 g/mol. The van der Waals surface area contributed by atoms with Gasteiger partial charge in [0.1, 0.15) is 0 Å². The summed E-state index contributed by atoms with van der Waals surface area (Å²) in [5.41, 5.74) is 1.35. The summed E-state index contributed by atoms with van der Waals surface area (Å²) in [5, 5.41) is 2.74. The van der Waals surface area contributed by atoms with E-state index in [1.807, 2.05) is 0 Å². The number of hydrogen-bond acceptors (Lipinski definition) is 4. The molecule has 0 saturated heterocycles. The van der Waals surface area contributed by atoms with E-state index < -0.39 is 15.9 Å². The van der Waals surface area contributed by atoms with Crippen LogP contribution in [0.15, 0.2) is 53.4 Å². The van der Waals surface area contributed by atoms with Crippen molar-refractivity contribution in [2.24, 2.45) is 0 Å². The normalized spacial score (nSPS) is 15.3. The van der Waals surface area contributed by atoms with Gasteiger partial charge in [-0.3, -0.25) is 9.59 Å². The molecule has 0 heterocycles. The maximum atomic E-state index is 13.0. The Morgan fingerprint density at radius 3 is 2.24 bits per heavy atom. The first-order valence-electron chi connectivity index (χ1n) is 9.79. The SMILES string of the molecule is CC(=O)c1ccc(NC(=O)c2cccc(S(=O)(=O)N(C)C3CCCCC3)c2)cc1. The molecule has 1 aliphatic carbocycles. The van der Waals surface area contributed by atoms with Crippen molar-refractivity contribution in [2.75, 3.05) is 12.4 Å². The minimum atomic E-state index is -3.67. The minimum Gasteiger partial charge on any atom is -0.322 e. The molecule has 1 N–H and O–H groups in total. The quantitative estimate of drug-likeness (QED) is 0.722. The smallest absolute Gasteiger partial charge is 0.255 e. The van der Waals surface area contributed by atoms with Crippen molar-refractivity contribution in [3.8, 4) is 0 Å². The summed E-state index contributed by atoms with van der Waals surface area (Å²) in [6, 6.07) is 12.7. The van der Waals surface area contributed by atoms with Gasteiger partial charge in [-0.15, -0.1) is 0 Å². The number of anilines is 1. The average molecular weight is 415 g/mol. The largest absolute Gasteiger partial charge is 0.322 e. The molecule has 0 aliphatic heterocycles. The number of nitrogens with zero attached hydrogens (tertiary/aromatic N) is 1. The van der Waals surface area contributed by atoms with Gasteiger partial charge >= 0.3 is 0 Å². The molecule has 154 valence electrons. The molecule has 6 nitrogen and oxygen atoms in total. The van der Waals surface area contributed by atoms with Crippen LogP contribution in [0.25, 0.3) is 0 Å². The van der Waals surface area contributed by atoms with Crippen LogP contribution in [0.4, 0.5) is 5.69 Å². The predicted molar refractivity (Wildman–Crippen MR) is 113 cm³/mol. The van der Waals surface area contributed by atoms with Gasteiger partial charge in [0.05, 0.1) is 4.90 Å². The van der Waals surface area contributed by atoms with Crippen LogP contribution >= 0.6 is 0 Å². The summed E-state index contributed by atoms with van der Waals surface area (Å²) in [7, 11) is -2.05. The van der Waals surface area contributed by atoms with Crippen LogP contribution in [0, 0.1) is 0 Å². The van der Waals surface area contributed by atoms with Crippen LogP contribution in [0.3, 0.4) is 0 Å². The lowest BCUT2D eigenvalue weighted by molar-refractivity contribution is 0.101. The molecule has 0 radical (unpaired) electrons. The molecule has 3 rings (SSSR count). The molecule has 7 heteroatoms. The van der Waals surface area contributed by atoms with E-state index in [2.05, 4.69) is 5.32 Å². The lowest BCUT2D eigenvalue weighted by Crippen LogP contribution is -2.38. The molecule has 1 amide bonds. The predicted octanol–water partition coefficient (Wildman–Crippen LogP) is 4.09. The van der Waals surface area contributed by atoms with Gasteiger partial charge in [-0.05, 0) is 62.2 Å². The second-order valence-corrected chi connectivity index (χ2v) is 9.43. The molecule has 0 unspecified atom stereocenters. The molecule has 0 bridgehead atoms. The molecule has 29 heavy (non-hydrogen) atoms. The Labute approximate surface area is 172 Å². The maximum absolute atomic E-state index is 13.0. The number of Topliss-reactive ketones (excluding diaryl/α,β-unsaturated/α-hetero) is 1. The zero-order chi connectivity index (χ0) is 21.0. The average Bonchev–Trinajstić information content (AvgIpc) is 2.74. The summed E-state index contributed by atoms with van der Waals surface area (Å²) < 4.78 is 27.5. The fourth-order valence-corrected chi connectivity index (χ4v) is 5.06. The van der Waals surface area contributed by atoms with Crippen LogP contribution < -0.4 is 5.32 Å². The number of carbonyl (C=O) groups excluding carboxylic acids is 2. The first kappa shape index (κ1) is 21.2. The highest BCUT2D eigenvalue weighted by molar-refractivity contribution is 7.89. The Balaban J connectivity index is 1.77. The lowest BCUT2D eigenvalue weighted by atomic mass is 9.96. The molecule has 2 aromatic rings. The van der Waals surface area contributed by atoms with Gasteiger partial charge in [0.2, 0.25) is 10.0 Å². The monoisotopic (exact) mass is 414 g/mol. The molecule has 0 atom stereocenters. The van der Waals surface area contributed by atoms with Gasteiger partial charge in [0.15, 0.2) is 5.78 Å². The van der Waals surface area contributed by atoms with Gasteiger partial charge in [0, 0.05) is 29.9 Å². The number of carbonyl (C=O) groups is 2. The molecule has 0 spiro atoms. The minimum absolute atomic E-state index is 0.00558. The summed E-state index contributed by atoms with van der Waals surface area (Å²) >= 11 is 0. The maximum Gasteiger partial charge on any atom is 0.255 e. The third-order valence-corrected chi connectivity index (χ3v) is 7.32. The highest BCUT2D eigenvalue weighted by atomic mass is 32.2. The Kier molecular flexibility index (Phi) is 6.49. The highest BCUT2D eigenvalue weighted by Crippen LogP contribution is 2.27. The Bertz CT molecular complexity index is 994. The van der Waals surface area contributed by atoms with Crippen molar-refractivity contribution in [1.29, 1.82) is 0 Å². The van der Waals surface area contributed by atoms with Crippen LogP contribution in [-0.2, 0) is 10.0 Å². The van der Waals surface area contributed by atoms with Crippen molar-refractivity contribution in [1.82, 2.24) is 4.31 Å². The molecule has 2 aromatic carbocycles. The molecule has 0 aromatic heterocycles. The summed E-state index contributed by atoms with van der Waals surface area (Å²) in [5.74, 6) is -0.458. The zero-order valence-electron chi connectivity index (χ0n) is 16.7. The van der Waals surface area contributed by atoms with Gasteiger partial charge in [-0.2, -0.15) is 4.31 Å². The number of sulfonamides is 1. The van der Waals surface area contributed by atoms with E-state index in [1.165, 1.54) is 23.4 Å². The number of ketones is 1. The molecule has 1 aliphatic rings. The van der Waals surface area contributed by atoms with E-state index in [4.69, 9.17) is 0 Å². The van der Waals surface area contributed by atoms with E-state index in [0.29, 0.717) is 11.3 Å². The Morgan fingerprint density at radius 2 is 1.62 bits per heavy atom. The second-order valence-electron chi connectivity index (χ2n) is 7.43. The lowest BCUT2D eigenvalue weighted by Gasteiger charge is -2.30. The Hall–Kier alpha value is -2.51. The molecular formula is C22H26N2O4S. The van der Waals surface area contributed by atoms with E-state index in [9.17, 15) is 18.0 Å². The van der Waals surface area contributed by atoms with Crippen molar-refractivity contribution >= 4 is 27.4 Å². The number of hydrogen-bond donors (Lipinski definition) is 1. The Morgan fingerprint density at radius 1 is 0.966 bits per heavy atom. The van der Waals surface area contributed by atoms with Crippen molar-refractivity contribution in [2.45, 2.75) is 50.0 Å². The third-order valence-electron chi connectivity index (χ3n) is 5.41. The molecule has 1 fully saturated rings. The van der Waals surface area contributed by atoms with Gasteiger partial charge in [-0.25, -0.2) is 8.42 Å². The van der Waals surface area contributed by atoms with Crippen LogP contribution in [0.2, 0.25) is 0 Å². The fourth-order valence-electron chi connectivity index (χ4n) is 3.60. The van der Waals surface area contributed by atoms with Crippen molar-refractivity contribution in [3.63, 3.8) is 0 Å². The van der Waals surface area contributed by atoms with Gasteiger partial charge in [0.25, 0.3) is 5.91 Å². The van der Waals surface area contributed by atoms with Crippen LogP contribution in [0.1, 0.15) is 59.7 Å². The van der Waals surface area contributed by atoms with Crippen LogP contribution in [-0.4, -0.2) is 37.5 Å². The van der Waals surface area contributed by atoms with E-state index in [-0.39, 0.29) is 22.3 Å². The van der Waals surface area contributed by atoms with Crippen LogP contribution in [0.5, 0.6) is 0 Å². The highest BCUT2D eigenvalue weighted by Gasteiger charge is 2.29. The van der Waals surface area contributed by atoms with Crippen molar-refractivity contribution < 1.29 is 18.0 Å². The van der Waals surface area contributed by atoms with E-state index >= 15 is 0 Å². The number of nitrogens with one attached hydrogen (secondary N) is 1. The summed E-state index contributed by atoms with van der Waals surface area (Å²) in [6.45, 7) is 1.48. The van der Waals surface area contributed by atoms with Crippen molar-refractivity contribution in [3.05, 3.63) is 59.7 Å². The topological polar surface area (TPSA) is 83.5 Å².